The summed E-state index contributed by atoms with van der Waals surface area (Å²) in [5, 5.41) is 11.8. The van der Waals surface area contributed by atoms with Crippen LogP contribution in [0.5, 0.6) is 17.2 Å². The summed E-state index contributed by atoms with van der Waals surface area (Å²) in [5.74, 6) is 0.504. The molecule has 0 atom stereocenters. The molecule has 3 aromatic rings. The molecule has 1 saturated heterocycles. The zero-order valence-electron chi connectivity index (χ0n) is 22.1. The minimum absolute atomic E-state index is 0.000217. The number of carbonyl (C=O) groups is 1. The third-order valence-electron chi connectivity index (χ3n) is 6.66. The zero-order chi connectivity index (χ0) is 29.0. The van der Waals surface area contributed by atoms with Crippen LogP contribution in [-0.4, -0.2) is 76.6 Å². The highest BCUT2D eigenvalue weighted by molar-refractivity contribution is 7.91. The highest BCUT2D eigenvalue weighted by Crippen LogP contribution is 2.40. The van der Waals surface area contributed by atoms with E-state index in [1.807, 2.05) is 6.07 Å². The summed E-state index contributed by atoms with van der Waals surface area (Å²) in [4.78, 5) is 27.0. The highest BCUT2D eigenvalue weighted by Gasteiger charge is 2.31. The van der Waals surface area contributed by atoms with Gasteiger partial charge in [0.1, 0.15) is 10.7 Å². The Balaban J connectivity index is 1.49. The van der Waals surface area contributed by atoms with E-state index in [-0.39, 0.29) is 10.5 Å². The van der Waals surface area contributed by atoms with E-state index in [0.717, 1.165) is 42.0 Å². The predicted octanol–water partition coefficient (Wildman–Crippen LogP) is 3.55. The van der Waals surface area contributed by atoms with Crippen LogP contribution in [0, 0.1) is 15.9 Å². The summed E-state index contributed by atoms with van der Waals surface area (Å²) in [6, 6.07) is 10.9. The molecular weight excluding hydrogens is 545 g/mol. The van der Waals surface area contributed by atoms with Gasteiger partial charge in [-0.25, -0.2) is 12.8 Å². The highest BCUT2D eigenvalue weighted by atomic mass is 32.2. The number of hydrogen-bond donors (Lipinski definition) is 0. The van der Waals surface area contributed by atoms with Crippen molar-refractivity contribution in [1.29, 1.82) is 0 Å². The van der Waals surface area contributed by atoms with Crippen molar-refractivity contribution in [2.24, 2.45) is 0 Å². The predicted molar refractivity (Wildman–Crippen MR) is 142 cm³/mol. The SMILES string of the molecule is COc1ccc(CN2CCN(C(=O)c3ccc(S(=O)(=O)c4ccc(F)cc4)c([N+](=O)[O-])c3)CC2)c(OC)c1OC. The number of nitrogens with zero attached hydrogens (tertiary/aromatic N) is 3. The monoisotopic (exact) mass is 573 g/mol. The first-order chi connectivity index (χ1) is 19.1. The Morgan fingerprint density at radius 1 is 0.925 bits per heavy atom. The summed E-state index contributed by atoms with van der Waals surface area (Å²) in [6.07, 6.45) is 0. The van der Waals surface area contributed by atoms with Crippen LogP contribution in [0.1, 0.15) is 15.9 Å². The second-order valence-corrected chi connectivity index (χ2v) is 10.9. The van der Waals surface area contributed by atoms with Gasteiger partial charge in [0.15, 0.2) is 11.5 Å². The Morgan fingerprint density at radius 2 is 1.57 bits per heavy atom. The van der Waals surface area contributed by atoms with Crippen molar-refractivity contribution >= 4 is 21.4 Å². The molecule has 0 saturated carbocycles. The number of methoxy groups -OCH3 is 3. The first kappa shape index (κ1) is 28.8. The average Bonchev–Trinajstić information content (AvgIpc) is 2.96. The zero-order valence-corrected chi connectivity index (χ0v) is 22.9. The van der Waals surface area contributed by atoms with Gasteiger partial charge in [-0.3, -0.25) is 19.8 Å². The standard InChI is InChI=1S/C27H28FN3O8S/c1-37-23-10-4-19(25(38-2)26(23)39-3)17-29-12-14-30(15-13-29)27(32)18-5-11-24(22(16-18)31(33)34)40(35,36)21-8-6-20(28)7-9-21/h4-11,16H,12-15,17H2,1-3H3. The lowest BCUT2D eigenvalue weighted by Crippen LogP contribution is -2.48. The van der Waals surface area contributed by atoms with E-state index in [4.69, 9.17) is 14.2 Å². The average molecular weight is 574 g/mol. The molecule has 1 fully saturated rings. The molecule has 1 aliphatic rings. The second kappa shape index (κ2) is 11.9. The molecule has 13 heteroatoms. The molecule has 0 spiro atoms. The molecule has 3 aromatic carbocycles. The van der Waals surface area contributed by atoms with Gasteiger partial charge in [-0.15, -0.1) is 0 Å². The molecule has 1 amide bonds. The van der Waals surface area contributed by atoms with Crippen LogP contribution >= 0.6 is 0 Å². The van der Waals surface area contributed by atoms with Crippen molar-refractivity contribution in [3.63, 3.8) is 0 Å². The minimum atomic E-state index is -4.32. The topological polar surface area (TPSA) is 129 Å². The maximum Gasteiger partial charge on any atom is 0.289 e. The fraction of sp³-hybridized carbons (Fsp3) is 0.296. The van der Waals surface area contributed by atoms with Gasteiger partial charge in [-0.05, 0) is 42.5 Å². The summed E-state index contributed by atoms with van der Waals surface area (Å²) in [6.45, 7) is 2.31. The number of amides is 1. The molecule has 11 nitrogen and oxygen atoms in total. The van der Waals surface area contributed by atoms with E-state index in [1.54, 1.807) is 25.2 Å². The molecule has 40 heavy (non-hydrogen) atoms. The third kappa shape index (κ3) is 5.70. The first-order valence-electron chi connectivity index (χ1n) is 12.2. The Hall–Kier alpha value is -4.23. The molecule has 1 heterocycles. The molecule has 212 valence electrons. The molecule has 0 radical (unpaired) electrons. The molecule has 0 N–H and O–H groups in total. The number of nitro benzene ring substituents is 1. The van der Waals surface area contributed by atoms with Gasteiger partial charge in [-0.1, -0.05) is 6.07 Å². The molecule has 0 aliphatic carbocycles. The molecule has 0 unspecified atom stereocenters. The van der Waals surface area contributed by atoms with Crippen molar-refractivity contribution in [3.8, 4) is 17.2 Å². The van der Waals surface area contributed by atoms with E-state index >= 15 is 0 Å². The van der Waals surface area contributed by atoms with Crippen molar-refractivity contribution in [3.05, 3.63) is 81.7 Å². The van der Waals surface area contributed by atoms with E-state index in [2.05, 4.69) is 4.90 Å². The lowest BCUT2D eigenvalue weighted by atomic mass is 10.1. The maximum absolute atomic E-state index is 13.3. The number of ether oxygens (including phenoxy) is 3. The van der Waals surface area contributed by atoms with Crippen LogP contribution in [-0.2, 0) is 16.4 Å². The van der Waals surface area contributed by atoms with Crippen LogP contribution in [0.4, 0.5) is 10.1 Å². The van der Waals surface area contributed by atoms with Gasteiger partial charge in [0.2, 0.25) is 15.6 Å². The van der Waals surface area contributed by atoms with Gasteiger partial charge in [0.05, 0.1) is 31.1 Å². The van der Waals surface area contributed by atoms with E-state index in [0.29, 0.717) is 50.0 Å². The third-order valence-corrected chi connectivity index (χ3v) is 8.47. The second-order valence-electron chi connectivity index (χ2n) is 8.96. The van der Waals surface area contributed by atoms with Crippen LogP contribution in [0.25, 0.3) is 0 Å². The Bertz CT molecular complexity index is 1520. The van der Waals surface area contributed by atoms with Crippen LogP contribution in [0.15, 0.2) is 64.4 Å². The van der Waals surface area contributed by atoms with Gasteiger partial charge in [-0.2, -0.15) is 0 Å². The molecular formula is C27H28FN3O8S. The summed E-state index contributed by atoms with van der Waals surface area (Å²) < 4.78 is 55.6. The molecule has 0 aromatic heterocycles. The summed E-state index contributed by atoms with van der Waals surface area (Å²) in [7, 11) is 0.303. The fourth-order valence-electron chi connectivity index (χ4n) is 4.58. The largest absolute Gasteiger partial charge is 0.493 e. The number of halogens is 1. The normalized spacial score (nSPS) is 14.1. The van der Waals surface area contributed by atoms with Crippen LogP contribution < -0.4 is 14.2 Å². The van der Waals surface area contributed by atoms with Gasteiger partial charge < -0.3 is 19.1 Å². The Morgan fingerprint density at radius 3 is 2.15 bits per heavy atom. The fourth-order valence-corrected chi connectivity index (χ4v) is 5.99. The number of nitro groups is 1. The summed E-state index contributed by atoms with van der Waals surface area (Å²) >= 11 is 0. The van der Waals surface area contributed by atoms with Gasteiger partial charge in [0.25, 0.3) is 11.6 Å². The Kier molecular flexibility index (Phi) is 8.55. The number of rotatable bonds is 9. The Labute approximate surface area is 230 Å². The van der Waals surface area contributed by atoms with Crippen molar-refractivity contribution in [2.45, 2.75) is 16.3 Å². The number of benzene rings is 3. The number of piperazine rings is 1. The number of sulfone groups is 1. The molecule has 4 rings (SSSR count). The van der Waals surface area contributed by atoms with Crippen molar-refractivity contribution in [2.75, 3.05) is 47.5 Å². The van der Waals surface area contributed by atoms with E-state index in [9.17, 15) is 27.7 Å². The molecule has 0 bridgehead atoms. The van der Waals surface area contributed by atoms with Gasteiger partial charge in [0, 0.05) is 49.9 Å². The molecule has 1 aliphatic heterocycles. The maximum atomic E-state index is 13.3. The first-order valence-corrected chi connectivity index (χ1v) is 13.7. The number of carbonyl (C=O) groups excluding carboxylic acids is 1. The quantitative estimate of drug-likeness (QED) is 0.214. The van der Waals surface area contributed by atoms with Crippen molar-refractivity contribution in [1.82, 2.24) is 9.80 Å². The smallest absolute Gasteiger partial charge is 0.289 e. The lowest BCUT2D eigenvalue weighted by molar-refractivity contribution is -0.387. The van der Waals surface area contributed by atoms with Crippen LogP contribution in [0.3, 0.4) is 0 Å². The van der Waals surface area contributed by atoms with E-state index in [1.165, 1.54) is 13.2 Å². The minimum Gasteiger partial charge on any atom is -0.493 e. The summed E-state index contributed by atoms with van der Waals surface area (Å²) in [5.41, 5.74) is 0.155. The number of hydrogen-bond acceptors (Lipinski definition) is 9. The lowest BCUT2D eigenvalue weighted by Gasteiger charge is -2.35. The van der Waals surface area contributed by atoms with Crippen LogP contribution in [0.2, 0.25) is 0 Å². The van der Waals surface area contributed by atoms with Crippen molar-refractivity contribution < 1.29 is 36.7 Å². The van der Waals surface area contributed by atoms with Gasteiger partial charge >= 0.3 is 0 Å². The van der Waals surface area contributed by atoms with E-state index < -0.39 is 37.1 Å².